The van der Waals surface area contributed by atoms with Gasteiger partial charge in [0.2, 0.25) is 5.60 Å². The Bertz CT molecular complexity index is 743. The van der Waals surface area contributed by atoms with Gasteiger partial charge in [-0.1, -0.05) is 0 Å². The predicted octanol–water partition coefficient (Wildman–Crippen LogP) is -4.62. The Morgan fingerprint density at radius 2 is 1.37 bits per heavy atom. The largest absolute Gasteiger partial charge is 0.396 e. The van der Waals surface area contributed by atoms with Crippen molar-refractivity contribution in [3.8, 4) is 0 Å². The van der Waals surface area contributed by atoms with Gasteiger partial charge in [0.1, 0.15) is 6.10 Å². The van der Waals surface area contributed by atoms with Crippen LogP contribution in [0.2, 0.25) is 0 Å². The Labute approximate surface area is 169 Å². The lowest BCUT2D eigenvalue weighted by Gasteiger charge is -2.21. The predicted molar refractivity (Wildman–Crippen MR) is 93.1 cm³/mol. The molecule has 30 heavy (non-hydrogen) atoms. The lowest BCUT2D eigenvalue weighted by Crippen LogP contribution is -2.46. The van der Waals surface area contributed by atoms with Gasteiger partial charge in [0.25, 0.3) is 11.6 Å². The molecule has 5 N–H and O–H groups in total. The smallest absolute Gasteiger partial charge is 0.326 e. The molecule has 2 saturated heterocycles. The van der Waals surface area contributed by atoms with Crippen molar-refractivity contribution < 1.29 is 59.0 Å². The number of aliphatic hydroxyl groups is 5. The molecule has 0 spiro atoms. The van der Waals surface area contributed by atoms with Gasteiger partial charge in [-0.25, -0.2) is 0 Å². The second-order valence-electron chi connectivity index (χ2n) is 6.51. The molecule has 0 radical (unpaired) electrons. The number of ketones is 3. The third-order valence-corrected chi connectivity index (χ3v) is 4.66. The Morgan fingerprint density at radius 1 is 0.900 bits per heavy atom. The molecule has 0 saturated carbocycles. The highest BCUT2D eigenvalue weighted by Gasteiger charge is 2.61. The number of aliphatic hydroxyl groups excluding tert-OH is 5. The standard InChI is InChI=1S/C8H12N2O5.C8H10N2O5/c2*9-10-1-6(13)8(4-15-8)7(14)5(2-11)3-12/h1,5,7,11-12,14H,2-4H2;1,5,11-12H,2-4H2/t7-,8+;8-/m10/s1. The summed E-state index contributed by atoms with van der Waals surface area (Å²) in [6.45, 7) is -2.20. The highest BCUT2D eigenvalue weighted by molar-refractivity contribution is 6.37. The van der Waals surface area contributed by atoms with Gasteiger partial charge >= 0.3 is 12.4 Å². The summed E-state index contributed by atoms with van der Waals surface area (Å²) in [6.07, 6.45) is -0.128. The van der Waals surface area contributed by atoms with E-state index in [0.29, 0.717) is 12.4 Å². The molecule has 0 unspecified atom stereocenters. The average molecular weight is 430 g/mol. The van der Waals surface area contributed by atoms with Crippen molar-refractivity contribution >= 4 is 29.8 Å². The fourth-order valence-electron chi connectivity index (χ4n) is 2.52. The van der Waals surface area contributed by atoms with Crippen LogP contribution in [-0.4, -0.2) is 122 Å². The maximum absolute atomic E-state index is 11.6. The quantitative estimate of drug-likeness (QED) is 0.0650. The van der Waals surface area contributed by atoms with Crippen LogP contribution in [-0.2, 0) is 23.9 Å². The normalized spacial score (nSPS) is 24.6. The van der Waals surface area contributed by atoms with Gasteiger partial charge in [-0.3, -0.25) is 14.4 Å². The Kier molecular flexibility index (Phi) is 9.39. The maximum Gasteiger partial charge on any atom is 0.326 e. The van der Waals surface area contributed by atoms with E-state index in [1.165, 1.54) is 0 Å². The van der Waals surface area contributed by atoms with Gasteiger partial charge < -0.3 is 46.1 Å². The summed E-state index contributed by atoms with van der Waals surface area (Å²) in [6, 6.07) is 0. The van der Waals surface area contributed by atoms with Crippen molar-refractivity contribution in [3.05, 3.63) is 11.1 Å². The second-order valence-corrected chi connectivity index (χ2v) is 6.51. The topological polar surface area (TPSA) is 250 Å². The van der Waals surface area contributed by atoms with Crippen LogP contribution in [0.3, 0.4) is 0 Å². The van der Waals surface area contributed by atoms with Crippen LogP contribution in [0.1, 0.15) is 0 Å². The molecule has 0 aromatic heterocycles. The van der Waals surface area contributed by atoms with Crippen molar-refractivity contribution in [3.63, 3.8) is 0 Å². The van der Waals surface area contributed by atoms with E-state index in [4.69, 9.17) is 41.0 Å². The molecule has 14 nitrogen and oxygen atoms in total. The molecule has 2 rings (SSSR count). The van der Waals surface area contributed by atoms with E-state index in [-0.39, 0.29) is 13.2 Å². The summed E-state index contributed by atoms with van der Waals surface area (Å²) in [4.78, 5) is 39.3. The summed E-state index contributed by atoms with van der Waals surface area (Å²) in [7, 11) is 0. The zero-order chi connectivity index (χ0) is 22.9. The second kappa shape index (κ2) is 11.0. The Balaban J connectivity index is 0.000000300. The highest BCUT2D eigenvalue weighted by atomic mass is 16.6. The number of nitrogens with zero attached hydrogens (tertiary/aromatic N) is 4. The number of hydrogen-bond donors (Lipinski definition) is 5. The summed E-state index contributed by atoms with van der Waals surface area (Å²) in [5.41, 5.74) is 13.2. The molecular weight excluding hydrogens is 408 g/mol. The molecule has 3 atom stereocenters. The van der Waals surface area contributed by atoms with Crippen molar-refractivity contribution in [1.29, 1.82) is 0 Å². The lowest BCUT2D eigenvalue weighted by molar-refractivity contribution is -0.137. The zero-order valence-electron chi connectivity index (χ0n) is 15.7. The van der Waals surface area contributed by atoms with Crippen LogP contribution in [0.15, 0.2) is 0 Å². The van der Waals surface area contributed by atoms with E-state index in [1.54, 1.807) is 0 Å². The minimum Gasteiger partial charge on any atom is -0.396 e. The van der Waals surface area contributed by atoms with E-state index in [2.05, 4.69) is 9.58 Å². The lowest BCUT2D eigenvalue weighted by atomic mass is 9.89. The first kappa shape index (κ1) is 25.5. The molecule has 2 aliphatic heterocycles. The SMILES string of the molecule is [N-]=[N+]=CC(=O)[C@]1(C(=O)C(CO)CO)CO1.[N-]=[N+]=CC(=O)[C@]1([C@H](O)C(CO)CO)CO1. The molecule has 2 heterocycles. The van der Waals surface area contributed by atoms with Crippen LogP contribution >= 0.6 is 0 Å². The van der Waals surface area contributed by atoms with Gasteiger partial charge in [-0.15, -0.1) is 0 Å². The highest BCUT2D eigenvalue weighted by Crippen LogP contribution is 2.35. The first-order valence-corrected chi connectivity index (χ1v) is 8.62. The Morgan fingerprint density at radius 3 is 1.70 bits per heavy atom. The van der Waals surface area contributed by atoms with E-state index < -0.39 is 72.9 Å². The number of ether oxygens (including phenoxy) is 2. The van der Waals surface area contributed by atoms with Crippen LogP contribution in [0.4, 0.5) is 0 Å². The van der Waals surface area contributed by atoms with Crippen LogP contribution < -0.4 is 0 Å². The van der Waals surface area contributed by atoms with E-state index in [0.717, 1.165) is 0 Å². The number of Topliss-reactive ketones (excluding diaryl/α,β-unsaturated/α-hetero) is 3. The molecule has 0 aromatic rings. The summed E-state index contributed by atoms with van der Waals surface area (Å²) in [5.74, 6) is -4.09. The first-order valence-electron chi connectivity index (χ1n) is 8.62. The van der Waals surface area contributed by atoms with Crippen molar-refractivity contribution in [2.45, 2.75) is 17.3 Å². The minimum absolute atomic E-state index is 0.0183. The minimum atomic E-state index is -1.66. The summed E-state index contributed by atoms with van der Waals surface area (Å²) >= 11 is 0. The number of carbonyl (C=O) groups is 3. The number of hydrogen-bond acceptors (Lipinski definition) is 10. The van der Waals surface area contributed by atoms with E-state index in [9.17, 15) is 19.5 Å². The Hall–Kier alpha value is -2.51. The molecule has 166 valence electrons. The van der Waals surface area contributed by atoms with Crippen LogP contribution in [0, 0.1) is 11.8 Å². The fraction of sp³-hybridized carbons (Fsp3) is 0.688. The van der Waals surface area contributed by atoms with Gasteiger partial charge in [-0.2, -0.15) is 9.58 Å². The number of carbonyl (C=O) groups excluding carboxylic acids is 3. The molecule has 0 aromatic carbocycles. The molecule has 14 heteroatoms. The fourth-order valence-corrected chi connectivity index (χ4v) is 2.52. The maximum atomic E-state index is 11.6. The zero-order valence-corrected chi connectivity index (χ0v) is 15.7. The third kappa shape index (κ3) is 5.34. The van der Waals surface area contributed by atoms with Crippen LogP contribution in [0.25, 0.3) is 11.1 Å². The van der Waals surface area contributed by atoms with Gasteiger partial charge in [-0.05, 0) is 0 Å². The molecule has 2 aliphatic rings. The molecular formula is C16H22N4O10. The first-order chi connectivity index (χ1) is 14.2. The number of epoxide rings is 2. The van der Waals surface area contributed by atoms with E-state index >= 15 is 0 Å². The van der Waals surface area contributed by atoms with Crippen molar-refractivity contribution in [2.24, 2.45) is 11.8 Å². The molecule has 0 bridgehead atoms. The number of rotatable bonds is 12. The van der Waals surface area contributed by atoms with Crippen LogP contribution in [0.5, 0.6) is 0 Å². The van der Waals surface area contributed by atoms with Gasteiger partial charge in [0, 0.05) is 5.92 Å². The van der Waals surface area contributed by atoms with Crippen molar-refractivity contribution in [2.75, 3.05) is 39.6 Å². The van der Waals surface area contributed by atoms with Gasteiger partial charge in [0.05, 0.1) is 45.6 Å². The average Bonchev–Trinajstić information content (AvgIpc) is 3.65. The summed E-state index contributed by atoms with van der Waals surface area (Å²) in [5, 5.41) is 44.9. The monoisotopic (exact) mass is 430 g/mol. The summed E-state index contributed by atoms with van der Waals surface area (Å²) < 4.78 is 9.57. The van der Waals surface area contributed by atoms with Gasteiger partial charge in [0.15, 0.2) is 11.4 Å². The van der Waals surface area contributed by atoms with Crippen molar-refractivity contribution in [1.82, 2.24) is 0 Å². The third-order valence-electron chi connectivity index (χ3n) is 4.66. The molecule has 2 fully saturated rings. The molecule has 0 aliphatic carbocycles. The molecule has 0 amide bonds. The van der Waals surface area contributed by atoms with E-state index in [1.807, 2.05) is 0 Å².